The van der Waals surface area contributed by atoms with Crippen LogP contribution in [0.25, 0.3) is 0 Å². The van der Waals surface area contributed by atoms with Crippen LogP contribution in [0, 0.1) is 11.8 Å². The van der Waals surface area contributed by atoms with E-state index in [9.17, 15) is 0 Å². The van der Waals surface area contributed by atoms with Crippen molar-refractivity contribution in [3.05, 3.63) is 11.6 Å². The Hall–Kier alpha value is -0.300. The van der Waals surface area contributed by atoms with Crippen molar-refractivity contribution in [3.8, 4) is 0 Å². The molecule has 12 heavy (non-hydrogen) atoms. The molecule has 0 aromatic rings. The van der Waals surface area contributed by atoms with E-state index in [1.807, 2.05) is 0 Å². The third kappa shape index (κ3) is 2.63. The molecular formula is C11H20O. The highest BCUT2D eigenvalue weighted by Gasteiger charge is 2.18. The van der Waals surface area contributed by atoms with Crippen LogP contribution in [0.5, 0.6) is 0 Å². The van der Waals surface area contributed by atoms with Crippen LogP contribution < -0.4 is 0 Å². The fourth-order valence-corrected chi connectivity index (χ4v) is 1.94. The molecule has 1 aliphatic rings. The van der Waals surface area contributed by atoms with Gasteiger partial charge < -0.3 is 5.11 Å². The van der Waals surface area contributed by atoms with Gasteiger partial charge in [-0.25, -0.2) is 0 Å². The Labute approximate surface area is 75.5 Å². The SMILES string of the molecule is CC1=CC[C@@H](C(C)CCO)CC1. The van der Waals surface area contributed by atoms with Crippen LogP contribution >= 0.6 is 0 Å². The molecule has 1 heteroatoms. The van der Waals surface area contributed by atoms with E-state index in [-0.39, 0.29) is 0 Å². The van der Waals surface area contributed by atoms with Gasteiger partial charge in [-0.1, -0.05) is 18.6 Å². The highest BCUT2D eigenvalue weighted by molar-refractivity contribution is 5.03. The topological polar surface area (TPSA) is 20.2 Å². The van der Waals surface area contributed by atoms with Crippen molar-refractivity contribution in [2.75, 3.05) is 6.61 Å². The van der Waals surface area contributed by atoms with Crippen molar-refractivity contribution >= 4 is 0 Å². The summed E-state index contributed by atoms with van der Waals surface area (Å²) in [4.78, 5) is 0. The fourth-order valence-electron chi connectivity index (χ4n) is 1.94. The molecule has 0 aromatic heterocycles. The summed E-state index contributed by atoms with van der Waals surface area (Å²) in [5.74, 6) is 1.51. The van der Waals surface area contributed by atoms with Crippen LogP contribution in [0.15, 0.2) is 11.6 Å². The zero-order valence-electron chi connectivity index (χ0n) is 8.21. The van der Waals surface area contributed by atoms with Gasteiger partial charge in [0.15, 0.2) is 0 Å². The molecule has 1 nitrogen and oxygen atoms in total. The summed E-state index contributed by atoms with van der Waals surface area (Å²) in [5.41, 5.74) is 1.54. The lowest BCUT2D eigenvalue weighted by molar-refractivity contribution is 0.221. The lowest BCUT2D eigenvalue weighted by atomic mass is 9.80. The number of aliphatic hydroxyl groups is 1. The fraction of sp³-hybridized carbons (Fsp3) is 0.818. The normalized spacial score (nSPS) is 26.6. The Morgan fingerprint density at radius 2 is 2.42 bits per heavy atom. The van der Waals surface area contributed by atoms with Crippen molar-refractivity contribution in [3.63, 3.8) is 0 Å². The van der Waals surface area contributed by atoms with E-state index in [4.69, 9.17) is 5.11 Å². The molecule has 1 unspecified atom stereocenters. The van der Waals surface area contributed by atoms with Crippen molar-refractivity contribution in [1.29, 1.82) is 0 Å². The minimum Gasteiger partial charge on any atom is -0.396 e. The maximum Gasteiger partial charge on any atom is 0.0433 e. The lowest BCUT2D eigenvalue weighted by Gasteiger charge is -2.25. The Kier molecular flexibility index (Phi) is 3.80. The second kappa shape index (κ2) is 4.66. The van der Waals surface area contributed by atoms with Gasteiger partial charge in [-0.05, 0) is 44.4 Å². The minimum atomic E-state index is 0.348. The van der Waals surface area contributed by atoms with E-state index in [2.05, 4.69) is 19.9 Å². The molecule has 0 amide bonds. The Morgan fingerprint density at radius 1 is 1.67 bits per heavy atom. The standard InChI is InChI=1S/C11H20O/c1-9-3-5-11(6-4-9)10(2)7-8-12/h3,10-12H,4-8H2,1-2H3/t10?,11-/m1/s1. The molecule has 0 radical (unpaired) electrons. The van der Waals surface area contributed by atoms with Gasteiger partial charge in [0.25, 0.3) is 0 Å². The number of hydrogen-bond donors (Lipinski definition) is 1. The van der Waals surface area contributed by atoms with Gasteiger partial charge >= 0.3 is 0 Å². The number of hydrogen-bond acceptors (Lipinski definition) is 1. The third-order valence-electron chi connectivity index (χ3n) is 3.07. The summed E-state index contributed by atoms with van der Waals surface area (Å²) >= 11 is 0. The van der Waals surface area contributed by atoms with E-state index in [1.54, 1.807) is 5.57 Å². The molecule has 0 spiro atoms. The van der Waals surface area contributed by atoms with Gasteiger partial charge in [0.2, 0.25) is 0 Å². The predicted molar refractivity (Wildman–Crippen MR) is 52.0 cm³/mol. The molecule has 1 aliphatic carbocycles. The molecule has 0 aliphatic heterocycles. The van der Waals surface area contributed by atoms with Crippen LogP contribution in [0.1, 0.15) is 39.5 Å². The molecule has 0 saturated heterocycles. The summed E-state index contributed by atoms with van der Waals surface area (Å²) < 4.78 is 0. The molecule has 0 heterocycles. The lowest BCUT2D eigenvalue weighted by Crippen LogP contribution is -2.15. The molecule has 1 rings (SSSR count). The molecule has 0 aromatic carbocycles. The smallest absolute Gasteiger partial charge is 0.0433 e. The quantitative estimate of drug-likeness (QED) is 0.642. The van der Waals surface area contributed by atoms with Gasteiger partial charge in [0.05, 0.1) is 0 Å². The predicted octanol–water partition coefficient (Wildman–Crippen LogP) is 2.75. The van der Waals surface area contributed by atoms with E-state index < -0.39 is 0 Å². The second-order valence-electron chi connectivity index (χ2n) is 4.07. The summed E-state index contributed by atoms with van der Waals surface area (Å²) in [5, 5.41) is 8.80. The minimum absolute atomic E-state index is 0.348. The van der Waals surface area contributed by atoms with Crippen LogP contribution in [-0.4, -0.2) is 11.7 Å². The first-order valence-electron chi connectivity index (χ1n) is 5.00. The Morgan fingerprint density at radius 3 is 2.92 bits per heavy atom. The van der Waals surface area contributed by atoms with Crippen molar-refractivity contribution < 1.29 is 5.11 Å². The van der Waals surface area contributed by atoms with E-state index in [1.165, 1.54) is 19.3 Å². The molecule has 0 bridgehead atoms. The molecule has 1 N–H and O–H groups in total. The van der Waals surface area contributed by atoms with Crippen LogP contribution in [-0.2, 0) is 0 Å². The summed E-state index contributed by atoms with van der Waals surface area (Å²) in [7, 11) is 0. The first-order valence-corrected chi connectivity index (χ1v) is 5.00. The Balaban J connectivity index is 2.34. The second-order valence-corrected chi connectivity index (χ2v) is 4.07. The molecular weight excluding hydrogens is 148 g/mol. The largest absolute Gasteiger partial charge is 0.396 e. The average Bonchev–Trinajstić information content (AvgIpc) is 2.06. The molecule has 0 fully saturated rings. The molecule has 0 saturated carbocycles. The van der Waals surface area contributed by atoms with Gasteiger partial charge in [-0.2, -0.15) is 0 Å². The highest BCUT2D eigenvalue weighted by atomic mass is 16.3. The van der Waals surface area contributed by atoms with Crippen LogP contribution in [0.4, 0.5) is 0 Å². The number of rotatable bonds is 3. The maximum atomic E-state index is 8.80. The number of aliphatic hydroxyl groups excluding tert-OH is 1. The van der Waals surface area contributed by atoms with Crippen molar-refractivity contribution in [2.45, 2.75) is 39.5 Å². The maximum absolute atomic E-state index is 8.80. The summed E-state index contributed by atoms with van der Waals surface area (Å²) in [6.45, 7) is 4.82. The van der Waals surface area contributed by atoms with Crippen molar-refractivity contribution in [2.24, 2.45) is 11.8 Å². The monoisotopic (exact) mass is 168 g/mol. The van der Waals surface area contributed by atoms with Crippen LogP contribution in [0.3, 0.4) is 0 Å². The van der Waals surface area contributed by atoms with Gasteiger partial charge in [-0.15, -0.1) is 0 Å². The zero-order valence-corrected chi connectivity index (χ0v) is 8.21. The van der Waals surface area contributed by atoms with Gasteiger partial charge in [0.1, 0.15) is 0 Å². The molecule has 70 valence electrons. The average molecular weight is 168 g/mol. The highest BCUT2D eigenvalue weighted by Crippen LogP contribution is 2.30. The summed E-state index contributed by atoms with van der Waals surface area (Å²) in [6, 6.07) is 0. The van der Waals surface area contributed by atoms with E-state index >= 15 is 0 Å². The Bertz CT molecular complexity index is 160. The van der Waals surface area contributed by atoms with E-state index in [0.717, 1.165) is 12.3 Å². The first kappa shape index (κ1) is 9.79. The molecule has 2 atom stereocenters. The zero-order chi connectivity index (χ0) is 8.97. The van der Waals surface area contributed by atoms with Gasteiger partial charge in [0, 0.05) is 6.61 Å². The number of allylic oxidation sites excluding steroid dienone is 2. The summed E-state index contributed by atoms with van der Waals surface area (Å²) in [6.07, 6.45) is 7.15. The van der Waals surface area contributed by atoms with Crippen molar-refractivity contribution in [1.82, 2.24) is 0 Å². The van der Waals surface area contributed by atoms with E-state index in [0.29, 0.717) is 12.5 Å². The third-order valence-corrected chi connectivity index (χ3v) is 3.07. The van der Waals surface area contributed by atoms with Gasteiger partial charge in [-0.3, -0.25) is 0 Å². The first-order chi connectivity index (χ1) is 5.74. The van der Waals surface area contributed by atoms with Crippen LogP contribution in [0.2, 0.25) is 0 Å².